The summed E-state index contributed by atoms with van der Waals surface area (Å²) < 4.78 is 5.25. The van der Waals surface area contributed by atoms with Gasteiger partial charge in [-0.1, -0.05) is 25.0 Å². The van der Waals surface area contributed by atoms with Crippen molar-refractivity contribution in [3.63, 3.8) is 0 Å². The zero-order valence-electron chi connectivity index (χ0n) is 16.4. The Morgan fingerprint density at radius 1 is 1.18 bits per heavy atom. The van der Waals surface area contributed by atoms with Crippen LogP contribution < -0.4 is 10.1 Å². The minimum absolute atomic E-state index is 0.0698. The molecular formula is C22H28N2O3S. The first-order valence-electron chi connectivity index (χ1n) is 9.93. The fraction of sp³-hybridized carbons (Fsp3) is 0.455. The molecule has 0 saturated carbocycles. The van der Waals surface area contributed by atoms with Gasteiger partial charge in [0.05, 0.1) is 13.2 Å². The van der Waals surface area contributed by atoms with Gasteiger partial charge in [-0.15, -0.1) is 0 Å². The summed E-state index contributed by atoms with van der Waals surface area (Å²) in [7, 11) is 1.66. The van der Waals surface area contributed by atoms with Gasteiger partial charge in [0.25, 0.3) is 5.91 Å². The lowest BCUT2D eigenvalue weighted by Gasteiger charge is -2.31. The molecule has 2 amide bonds. The number of thiophene rings is 1. The van der Waals surface area contributed by atoms with Crippen LogP contribution in [-0.4, -0.2) is 36.9 Å². The summed E-state index contributed by atoms with van der Waals surface area (Å²) in [5, 5.41) is 6.61. The SMILES string of the molecule is COc1ccc([C@H]2CCCCCN2C(=O)CCCNC(=O)c2ccsc2)cc1. The van der Waals surface area contributed by atoms with Gasteiger partial charge in [0, 0.05) is 30.5 Å². The number of methoxy groups -OCH3 is 1. The number of nitrogens with zero attached hydrogens (tertiary/aromatic N) is 1. The first-order valence-corrected chi connectivity index (χ1v) is 10.9. The van der Waals surface area contributed by atoms with Crippen molar-refractivity contribution in [2.75, 3.05) is 20.2 Å². The van der Waals surface area contributed by atoms with Crippen molar-refractivity contribution in [3.05, 3.63) is 52.2 Å². The number of benzene rings is 1. The maximum atomic E-state index is 12.9. The minimum Gasteiger partial charge on any atom is -0.497 e. The highest BCUT2D eigenvalue weighted by Crippen LogP contribution is 2.31. The third-order valence-electron chi connectivity index (χ3n) is 5.21. The van der Waals surface area contributed by atoms with Crippen LogP contribution in [0.25, 0.3) is 0 Å². The third kappa shape index (κ3) is 5.35. The number of amides is 2. The molecule has 5 nitrogen and oxygen atoms in total. The summed E-state index contributed by atoms with van der Waals surface area (Å²) in [5.74, 6) is 0.934. The Labute approximate surface area is 170 Å². The van der Waals surface area contributed by atoms with Gasteiger partial charge < -0.3 is 15.0 Å². The van der Waals surface area contributed by atoms with Crippen LogP contribution in [0.2, 0.25) is 0 Å². The highest BCUT2D eigenvalue weighted by atomic mass is 32.1. The maximum Gasteiger partial charge on any atom is 0.252 e. The third-order valence-corrected chi connectivity index (χ3v) is 5.89. The first kappa shape index (κ1) is 20.4. The average Bonchev–Trinajstić information content (AvgIpc) is 3.16. The first-order chi connectivity index (χ1) is 13.7. The molecular weight excluding hydrogens is 372 g/mol. The molecule has 1 aromatic carbocycles. The van der Waals surface area contributed by atoms with Gasteiger partial charge in [-0.3, -0.25) is 9.59 Å². The van der Waals surface area contributed by atoms with Crippen LogP contribution >= 0.6 is 11.3 Å². The van der Waals surface area contributed by atoms with Crippen molar-refractivity contribution in [1.82, 2.24) is 10.2 Å². The number of hydrogen-bond donors (Lipinski definition) is 1. The molecule has 6 heteroatoms. The van der Waals surface area contributed by atoms with E-state index in [9.17, 15) is 9.59 Å². The van der Waals surface area contributed by atoms with E-state index < -0.39 is 0 Å². The van der Waals surface area contributed by atoms with Crippen molar-refractivity contribution in [2.45, 2.75) is 44.6 Å². The predicted molar refractivity (Wildman–Crippen MR) is 112 cm³/mol. The molecule has 150 valence electrons. The number of nitrogens with one attached hydrogen (secondary N) is 1. The Kier molecular flexibility index (Phi) is 7.48. The molecule has 1 N–H and O–H groups in total. The molecule has 28 heavy (non-hydrogen) atoms. The van der Waals surface area contributed by atoms with Gasteiger partial charge in [0.1, 0.15) is 5.75 Å². The van der Waals surface area contributed by atoms with Crippen LogP contribution in [0.5, 0.6) is 5.75 Å². The molecule has 0 radical (unpaired) electrons. The lowest BCUT2D eigenvalue weighted by molar-refractivity contribution is -0.133. The summed E-state index contributed by atoms with van der Waals surface area (Å²) >= 11 is 1.50. The second-order valence-corrected chi connectivity index (χ2v) is 7.88. The van der Waals surface area contributed by atoms with Crippen molar-refractivity contribution in [1.29, 1.82) is 0 Å². The van der Waals surface area contributed by atoms with Crippen molar-refractivity contribution in [3.8, 4) is 5.75 Å². The fourth-order valence-corrected chi connectivity index (χ4v) is 4.30. The Bertz CT molecular complexity index is 759. The Balaban J connectivity index is 1.55. The molecule has 0 aliphatic carbocycles. The zero-order valence-corrected chi connectivity index (χ0v) is 17.2. The number of likely N-dealkylation sites (tertiary alicyclic amines) is 1. The molecule has 1 aliphatic rings. The van der Waals surface area contributed by atoms with E-state index in [2.05, 4.69) is 17.4 Å². The second kappa shape index (κ2) is 10.3. The number of carbonyl (C=O) groups is 2. The molecule has 0 bridgehead atoms. The molecule has 1 atom stereocenters. The van der Waals surface area contributed by atoms with Crippen LogP contribution in [0, 0.1) is 0 Å². The summed E-state index contributed by atoms with van der Waals surface area (Å²) in [6.45, 7) is 1.32. The summed E-state index contributed by atoms with van der Waals surface area (Å²) in [6, 6.07) is 9.99. The van der Waals surface area contributed by atoms with Gasteiger partial charge in [-0.05, 0) is 48.4 Å². The van der Waals surface area contributed by atoms with Crippen molar-refractivity contribution in [2.24, 2.45) is 0 Å². The highest BCUT2D eigenvalue weighted by Gasteiger charge is 2.26. The monoisotopic (exact) mass is 400 g/mol. The van der Waals surface area contributed by atoms with E-state index in [1.165, 1.54) is 16.9 Å². The van der Waals surface area contributed by atoms with Gasteiger partial charge in [-0.25, -0.2) is 0 Å². The highest BCUT2D eigenvalue weighted by molar-refractivity contribution is 7.08. The largest absolute Gasteiger partial charge is 0.497 e. The lowest BCUT2D eigenvalue weighted by atomic mass is 10.00. The van der Waals surface area contributed by atoms with E-state index in [1.54, 1.807) is 7.11 Å². The maximum absolute atomic E-state index is 12.9. The Morgan fingerprint density at radius 3 is 2.71 bits per heavy atom. The molecule has 0 unspecified atom stereocenters. The van der Waals surface area contributed by atoms with Crippen LogP contribution in [-0.2, 0) is 4.79 Å². The normalized spacial score (nSPS) is 17.0. The average molecular weight is 401 g/mol. The quantitative estimate of drug-likeness (QED) is 0.701. The molecule has 0 spiro atoms. The van der Waals surface area contributed by atoms with E-state index in [-0.39, 0.29) is 17.9 Å². The van der Waals surface area contributed by atoms with Gasteiger partial charge in [0.15, 0.2) is 0 Å². The molecule has 2 aromatic rings. The predicted octanol–water partition coefficient (Wildman–Crippen LogP) is 4.41. The van der Waals surface area contributed by atoms with Crippen LogP contribution in [0.15, 0.2) is 41.1 Å². The molecule has 1 saturated heterocycles. The summed E-state index contributed by atoms with van der Waals surface area (Å²) in [6.07, 6.45) is 5.45. The number of ether oxygens (including phenoxy) is 1. The number of rotatable bonds is 7. The van der Waals surface area contributed by atoms with E-state index >= 15 is 0 Å². The lowest BCUT2D eigenvalue weighted by Crippen LogP contribution is -2.35. The zero-order chi connectivity index (χ0) is 19.8. The Hall–Kier alpha value is -2.34. The smallest absolute Gasteiger partial charge is 0.252 e. The van der Waals surface area contributed by atoms with Gasteiger partial charge in [-0.2, -0.15) is 11.3 Å². The summed E-state index contributed by atoms with van der Waals surface area (Å²) in [4.78, 5) is 26.9. The Morgan fingerprint density at radius 2 is 2.00 bits per heavy atom. The topological polar surface area (TPSA) is 58.6 Å². The molecule has 1 aliphatic heterocycles. The van der Waals surface area contributed by atoms with Crippen molar-refractivity contribution < 1.29 is 14.3 Å². The molecule has 3 rings (SSSR count). The van der Waals surface area contributed by atoms with Crippen molar-refractivity contribution >= 4 is 23.2 Å². The summed E-state index contributed by atoms with van der Waals surface area (Å²) in [5.41, 5.74) is 1.85. The number of carbonyl (C=O) groups excluding carboxylic acids is 2. The van der Waals surface area contributed by atoms with Crippen LogP contribution in [0.3, 0.4) is 0 Å². The molecule has 1 aromatic heterocycles. The standard InChI is InChI=1S/C22H28N2O3S/c1-27-19-10-8-17(9-11-19)20-6-3-2-4-14-24(20)21(25)7-5-13-23-22(26)18-12-15-28-16-18/h8-12,15-16,20H,2-7,13-14H2,1H3,(H,23,26)/t20-/m1/s1. The number of hydrogen-bond acceptors (Lipinski definition) is 4. The van der Waals surface area contributed by atoms with E-state index in [4.69, 9.17) is 4.74 Å². The second-order valence-electron chi connectivity index (χ2n) is 7.10. The van der Waals surface area contributed by atoms with Gasteiger partial charge >= 0.3 is 0 Å². The van der Waals surface area contributed by atoms with E-state index in [0.717, 1.165) is 38.0 Å². The van der Waals surface area contributed by atoms with E-state index in [1.807, 2.05) is 33.9 Å². The molecule has 1 fully saturated rings. The fourth-order valence-electron chi connectivity index (χ4n) is 3.66. The van der Waals surface area contributed by atoms with Crippen LogP contribution in [0.4, 0.5) is 0 Å². The minimum atomic E-state index is -0.0698. The van der Waals surface area contributed by atoms with Crippen LogP contribution in [0.1, 0.15) is 60.5 Å². The van der Waals surface area contributed by atoms with Gasteiger partial charge in [0.2, 0.25) is 5.91 Å². The molecule has 2 heterocycles. The van der Waals surface area contributed by atoms with E-state index in [0.29, 0.717) is 24.9 Å².